The van der Waals surface area contributed by atoms with Gasteiger partial charge in [-0.15, -0.1) is 0 Å². The van der Waals surface area contributed by atoms with Crippen LogP contribution in [0.2, 0.25) is 0 Å². The van der Waals surface area contributed by atoms with Gasteiger partial charge in [0.1, 0.15) is 0 Å². The summed E-state index contributed by atoms with van der Waals surface area (Å²) in [5, 5.41) is 9.21. The highest BCUT2D eigenvalue weighted by Gasteiger charge is 2.30. The number of carbonyl (C=O) groups excluding carboxylic acids is 1. The van der Waals surface area contributed by atoms with E-state index in [0.29, 0.717) is 18.7 Å². The van der Waals surface area contributed by atoms with Gasteiger partial charge < -0.3 is 14.7 Å². The molecule has 1 amide bonds. The van der Waals surface area contributed by atoms with Crippen LogP contribution in [0.15, 0.2) is 24.3 Å². The molecule has 0 aromatic heterocycles. The van der Waals surface area contributed by atoms with E-state index in [4.69, 9.17) is 4.74 Å². The molecular formula is C17H25NO3. The highest BCUT2D eigenvalue weighted by molar-refractivity contribution is 5.94. The van der Waals surface area contributed by atoms with Crippen molar-refractivity contribution in [2.24, 2.45) is 0 Å². The maximum Gasteiger partial charge on any atom is 0.254 e. The molecule has 1 saturated heterocycles. The van der Waals surface area contributed by atoms with Crippen LogP contribution in [0.3, 0.4) is 0 Å². The Labute approximate surface area is 126 Å². The van der Waals surface area contributed by atoms with E-state index in [1.807, 2.05) is 31.2 Å². The molecular weight excluding hydrogens is 266 g/mol. The van der Waals surface area contributed by atoms with Crippen molar-refractivity contribution in [1.82, 2.24) is 4.90 Å². The molecule has 1 fully saturated rings. The van der Waals surface area contributed by atoms with Crippen molar-refractivity contribution < 1.29 is 14.6 Å². The van der Waals surface area contributed by atoms with Gasteiger partial charge in [-0.05, 0) is 30.0 Å². The summed E-state index contributed by atoms with van der Waals surface area (Å²) < 4.78 is 5.48. The van der Waals surface area contributed by atoms with Gasteiger partial charge >= 0.3 is 0 Å². The minimum Gasteiger partial charge on any atom is -0.394 e. The lowest BCUT2D eigenvalue weighted by Crippen LogP contribution is -2.52. The first-order valence-electron chi connectivity index (χ1n) is 7.47. The van der Waals surface area contributed by atoms with Gasteiger partial charge in [-0.2, -0.15) is 0 Å². The Kier molecular flexibility index (Phi) is 4.69. The average molecular weight is 291 g/mol. The molecule has 2 atom stereocenters. The third kappa shape index (κ3) is 3.63. The quantitative estimate of drug-likeness (QED) is 0.909. The number of carbonyl (C=O) groups is 1. The lowest BCUT2D eigenvalue weighted by atomic mass is 9.86. The molecule has 1 aliphatic heterocycles. The second kappa shape index (κ2) is 6.16. The van der Waals surface area contributed by atoms with Crippen molar-refractivity contribution in [1.29, 1.82) is 0 Å². The van der Waals surface area contributed by atoms with Gasteiger partial charge in [-0.25, -0.2) is 0 Å². The smallest absolute Gasteiger partial charge is 0.254 e. The maximum atomic E-state index is 12.6. The molecule has 1 aliphatic rings. The third-order valence-electron chi connectivity index (χ3n) is 3.97. The number of hydrogen-bond donors (Lipinski definition) is 1. The predicted octanol–water partition coefficient (Wildman–Crippen LogP) is 2.21. The first kappa shape index (κ1) is 16.0. The second-order valence-corrected chi connectivity index (χ2v) is 6.77. The normalized spacial score (nSPS) is 23.2. The summed E-state index contributed by atoms with van der Waals surface area (Å²) in [5.41, 5.74) is 1.98. The molecule has 4 heteroatoms. The largest absolute Gasteiger partial charge is 0.394 e. The lowest BCUT2D eigenvalue weighted by molar-refractivity contribution is -0.0667. The van der Waals surface area contributed by atoms with Gasteiger partial charge in [-0.1, -0.05) is 32.9 Å². The zero-order chi connectivity index (χ0) is 15.6. The second-order valence-electron chi connectivity index (χ2n) is 6.77. The van der Waals surface area contributed by atoms with Crippen LogP contribution in [-0.4, -0.2) is 47.8 Å². The van der Waals surface area contributed by atoms with E-state index in [-0.39, 0.29) is 30.1 Å². The van der Waals surface area contributed by atoms with Crippen molar-refractivity contribution in [2.75, 3.05) is 19.8 Å². The molecule has 21 heavy (non-hydrogen) atoms. The van der Waals surface area contributed by atoms with Gasteiger partial charge in [0.15, 0.2) is 0 Å². The number of benzene rings is 1. The van der Waals surface area contributed by atoms with Crippen LogP contribution in [-0.2, 0) is 10.2 Å². The Balaban J connectivity index is 2.15. The number of aliphatic hydroxyl groups excluding tert-OH is 1. The van der Waals surface area contributed by atoms with Crippen molar-refractivity contribution in [3.8, 4) is 0 Å². The highest BCUT2D eigenvalue weighted by Crippen LogP contribution is 2.23. The van der Waals surface area contributed by atoms with E-state index in [2.05, 4.69) is 20.8 Å². The van der Waals surface area contributed by atoms with Gasteiger partial charge in [0.25, 0.3) is 5.91 Å². The minimum absolute atomic E-state index is 0.00436. The number of morpholine rings is 1. The van der Waals surface area contributed by atoms with Crippen LogP contribution in [0.4, 0.5) is 0 Å². The lowest BCUT2D eigenvalue weighted by Gasteiger charge is -2.37. The number of ether oxygens (including phenoxy) is 1. The van der Waals surface area contributed by atoms with Crippen LogP contribution in [0, 0.1) is 0 Å². The SMILES string of the molecule is CC1COC(CO)CN1C(=O)c1ccc(C(C)(C)C)cc1. The van der Waals surface area contributed by atoms with Crippen LogP contribution >= 0.6 is 0 Å². The minimum atomic E-state index is -0.279. The van der Waals surface area contributed by atoms with Crippen LogP contribution in [0.25, 0.3) is 0 Å². The number of aliphatic hydroxyl groups is 1. The summed E-state index contributed by atoms with van der Waals surface area (Å²) in [6.45, 7) is 9.28. The Bertz CT molecular complexity index is 490. The Morgan fingerprint density at radius 2 is 1.95 bits per heavy atom. The summed E-state index contributed by atoms with van der Waals surface area (Å²) >= 11 is 0. The molecule has 0 spiro atoms. The average Bonchev–Trinajstić information content (AvgIpc) is 2.46. The highest BCUT2D eigenvalue weighted by atomic mass is 16.5. The molecule has 116 valence electrons. The van der Waals surface area contributed by atoms with Crippen molar-refractivity contribution >= 4 is 5.91 Å². The Hall–Kier alpha value is -1.39. The summed E-state index contributed by atoms with van der Waals surface area (Å²) in [6, 6.07) is 7.84. The summed E-state index contributed by atoms with van der Waals surface area (Å²) in [5.74, 6) is 0.00436. The van der Waals surface area contributed by atoms with Gasteiger partial charge in [0.05, 0.1) is 25.4 Å². The molecule has 0 bridgehead atoms. The molecule has 1 aromatic carbocycles. The molecule has 0 aliphatic carbocycles. The first-order chi connectivity index (χ1) is 9.82. The number of nitrogens with zero attached hydrogens (tertiary/aromatic N) is 1. The summed E-state index contributed by atoms with van der Waals surface area (Å²) in [6.07, 6.45) is -0.279. The van der Waals surface area contributed by atoms with Gasteiger partial charge in [-0.3, -0.25) is 4.79 Å². The Morgan fingerprint density at radius 3 is 2.48 bits per heavy atom. The van der Waals surface area contributed by atoms with Gasteiger partial charge in [0, 0.05) is 12.1 Å². The maximum absolute atomic E-state index is 12.6. The fourth-order valence-corrected chi connectivity index (χ4v) is 2.49. The molecule has 2 unspecified atom stereocenters. The standard InChI is InChI=1S/C17H25NO3/c1-12-11-21-15(10-19)9-18(12)16(20)13-5-7-14(8-6-13)17(2,3)4/h5-8,12,15,19H,9-11H2,1-4H3. The summed E-state index contributed by atoms with van der Waals surface area (Å²) in [7, 11) is 0. The molecule has 1 heterocycles. The zero-order valence-electron chi connectivity index (χ0n) is 13.3. The van der Waals surface area contributed by atoms with E-state index < -0.39 is 0 Å². The fourth-order valence-electron chi connectivity index (χ4n) is 2.49. The van der Waals surface area contributed by atoms with Crippen molar-refractivity contribution in [2.45, 2.75) is 45.3 Å². The number of rotatable bonds is 2. The van der Waals surface area contributed by atoms with Crippen LogP contribution in [0.1, 0.15) is 43.6 Å². The third-order valence-corrected chi connectivity index (χ3v) is 3.97. The molecule has 1 aromatic rings. The zero-order valence-corrected chi connectivity index (χ0v) is 13.3. The first-order valence-corrected chi connectivity index (χ1v) is 7.47. The Morgan fingerprint density at radius 1 is 1.33 bits per heavy atom. The fraction of sp³-hybridized carbons (Fsp3) is 0.588. The molecule has 0 radical (unpaired) electrons. The molecule has 4 nitrogen and oxygen atoms in total. The monoisotopic (exact) mass is 291 g/mol. The predicted molar refractivity (Wildman–Crippen MR) is 82.5 cm³/mol. The number of hydrogen-bond acceptors (Lipinski definition) is 3. The molecule has 2 rings (SSSR count). The van der Waals surface area contributed by atoms with Crippen LogP contribution in [0.5, 0.6) is 0 Å². The summed E-state index contributed by atoms with van der Waals surface area (Å²) in [4.78, 5) is 14.4. The van der Waals surface area contributed by atoms with Crippen molar-refractivity contribution in [3.63, 3.8) is 0 Å². The van der Waals surface area contributed by atoms with Crippen LogP contribution < -0.4 is 0 Å². The van der Waals surface area contributed by atoms with E-state index >= 15 is 0 Å². The van der Waals surface area contributed by atoms with E-state index in [1.54, 1.807) is 4.90 Å². The van der Waals surface area contributed by atoms with E-state index in [9.17, 15) is 9.90 Å². The topological polar surface area (TPSA) is 49.8 Å². The van der Waals surface area contributed by atoms with Crippen molar-refractivity contribution in [3.05, 3.63) is 35.4 Å². The van der Waals surface area contributed by atoms with Gasteiger partial charge in [0.2, 0.25) is 0 Å². The molecule has 1 N–H and O–H groups in total. The molecule has 0 saturated carbocycles. The number of amides is 1. The van der Waals surface area contributed by atoms with E-state index in [0.717, 1.165) is 0 Å². The van der Waals surface area contributed by atoms with E-state index in [1.165, 1.54) is 5.56 Å².